The van der Waals surface area contributed by atoms with Crippen LogP contribution in [0.5, 0.6) is 0 Å². The van der Waals surface area contributed by atoms with E-state index < -0.39 is 0 Å². The molecule has 0 rings (SSSR count). The Labute approximate surface area is 109 Å². The zero-order valence-corrected chi connectivity index (χ0v) is 12.7. The minimum Gasteiger partial charge on any atom is -0.378 e. The van der Waals surface area contributed by atoms with E-state index in [1.54, 1.807) is 0 Å². The molecule has 0 spiro atoms. The van der Waals surface area contributed by atoms with Crippen molar-refractivity contribution in [3.05, 3.63) is 0 Å². The fourth-order valence-corrected chi connectivity index (χ4v) is 2.69. The van der Waals surface area contributed by atoms with Crippen LogP contribution in [0.4, 0.5) is 0 Å². The Morgan fingerprint density at radius 1 is 0.706 bits per heavy atom. The van der Waals surface area contributed by atoms with Gasteiger partial charge >= 0.3 is 0 Å². The van der Waals surface area contributed by atoms with Crippen LogP contribution in [-0.4, -0.2) is 12.7 Å². The van der Waals surface area contributed by atoms with Crippen molar-refractivity contribution in [2.75, 3.05) is 7.11 Å². The van der Waals surface area contributed by atoms with Crippen LogP contribution in [-0.2, 0) is 4.74 Å². The van der Waals surface area contributed by atoms with Crippen LogP contribution in [0.1, 0.15) is 91.4 Å². The highest BCUT2D eigenvalue weighted by molar-refractivity contribution is 4.78. The number of hydrogen-bond acceptors (Lipinski definition) is 1. The lowest BCUT2D eigenvalue weighted by Gasteiger charge is -2.31. The van der Waals surface area contributed by atoms with Crippen LogP contribution in [0.3, 0.4) is 0 Å². The molecular weight excluding hydrogens is 208 g/mol. The number of ether oxygens (including phenoxy) is 1. The minimum atomic E-state index is 0.179. The van der Waals surface area contributed by atoms with Crippen molar-refractivity contribution in [1.29, 1.82) is 0 Å². The Hall–Kier alpha value is -0.0400. The van der Waals surface area contributed by atoms with Crippen LogP contribution < -0.4 is 0 Å². The van der Waals surface area contributed by atoms with Gasteiger partial charge in [-0.2, -0.15) is 0 Å². The summed E-state index contributed by atoms with van der Waals surface area (Å²) in [6.45, 7) is 6.80. The van der Waals surface area contributed by atoms with E-state index >= 15 is 0 Å². The molecule has 1 atom stereocenters. The number of hydrogen-bond donors (Lipinski definition) is 0. The van der Waals surface area contributed by atoms with Crippen molar-refractivity contribution < 1.29 is 4.74 Å². The van der Waals surface area contributed by atoms with E-state index in [4.69, 9.17) is 4.74 Å². The number of methoxy groups -OCH3 is 1. The average molecular weight is 242 g/mol. The van der Waals surface area contributed by atoms with Crippen molar-refractivity contribution in [2.24, 2.45) is 0 Å². The highest BCUT2D eigenvalue weighted by Gasteiger charge is 2.25. The third-order valence-corrected chi connectivity index (χ3v) is 4.02. The first kappa shape index (κ1) is 17.0. The third kappa shape index (κ3) is 7.81. The molecule has 0 radical (unpaired) electrons. The number of rotatable bonds is 12. The molecule has 0 aromatic carbocycles. The van der Waals surface area contributed by atoms with Crippen LogP contribution in [0.2, 0.25) is 0 Å². The maximum absolute atomic E-state index is 5.77. The van der Waals surface area contributed by atoms with Gasteiger partial charge in [-0.1, -0.05) is 72.1 Å². The maximum atomic E-state index is 5.77. The standard InChI is InChI=1S/C16H34O/c1-5-8-9-10-11-12-13-15-16(7-3,17-4)14-6-2/h5-15H2,1-4H3. The van der Waals surface area contributed by atoms with Gasteiger partial charge in [0.2, 0.25) is 0 Å². The largest absolute Gasteiger partial charge is 0.378 e. The predicted octanol–water partition coefficient (Wildman–Crippen LogP) is 5.72. The summed E-state index contributed by atoms with van der Waals surface area (Å²) in [5.41, 5.74) is 0.179. The molecule has 104 valence electrons. The Balaban J connectivity index is 3.61. The average Bonchev–Trinajstić information content (AvgIpc) is 2.36. The molecule has 0 aliphatic heterocycles. The first-order valence-electron chi connectivity index (χ1n) is 7.79. The van der Waals surface area contributed by atoms with Crippen molar-refractivity contribution >= 4 is 0 Å². The van der Waals surface area contributed by atoms with Gasteiger partial charge in [-0.3, -0.25) is 0 Å². The normalized spacial score (nSPS) is 14.8. The first-order valence-corrected chi connectivity index (χ1v) is 7.79. The molecule has 0 aromatic rings. The van der Waals surface area contributed by atoms with Gasteiger partial charge in [-0.15, -0.1) is 0 Å². The Morgan fingerprint density at radius 2 is 1.29 bits per heavy atom. The molecule has 0 aliphatic rings. The molecule has 0 amide bonds. The van der Waals surface area contributed by atoms with Gasteiger partial charge in [0.1, 0.15) is 0 Å². The summed E-state index contributed by atoms with van der Waals surface area (Å²) < 4.78 is 5.77. The Kier molecular flexibility index (Phi) is 11.0. The second-order valence-corrected chi connectivity index (χ2v) is 5.36. The molecule has 0 N–H and O–H groups in total. The molecular formula is C16H34O. The second-order valence-electron chi connectivity index (χ2n) is 5.36. The minimum absolute atomic E-state index is 0.179. The Morgan fingerprint density at radius 3 is 1.76 bits per heavy atom. The smallest absolute Gasteiger partial charge is 0.0676 e. The summed E-state index contributed by atoms with van der Waals surface area (Å²) in [4.78, 5) is 0. The van der Waals surface area contributed by atoms with Gasteiger partial charge in [0.25, 0.3) is 0 Å². The molecule has 0 bridgehead atoms. The van der Waals surface area contributed by atoms with Crippen LogP contribution in [0.25, 0.3) is 0 Å². The summed E-state index contributed by atoms with van der Waals surface area (Å²) in [5, 5.41) is 0. The lowest BCUT2D eigenvalue weighted by atomic mass is 9.88. The molecule has 0 heterocycles. The highest BCUT2D eigenvalue weighted by Crippen LogP contribution is 2.28. The summed E-state index contributed by atoms with van der Waals surface area (Å²) >= 11 is 0. The second kappa shape index (κ2) is 11.1. The highest BCUT2D eigenvalue weighted by atomic mass is 16.5. The van der Waals surface area contributed by atoms with Crippen molar-refractivity contribution in [3.63, 3.8) is 0 Å². The first-order chi connectivity index (χ1) is 8.24. The molecule has 17 heavy (non-hydrogen) atoms. The topological polar surface area (TPSA) is 9.23 Å². The summed E-state index contributed by atoms with van der Waals surface area (Å²) in [7, 11) is 1.89. The number of unbranched alkanes of at least 4 members (excludes halogenated alkanes) is 6. The van der Waals surface area contributed by atoms with Crippen LogP contribution >= 0.6 is 0 Å². The molecule has 1 unspecified atom stereocenters. The van der Waals surface area contributed by atoms with E-state index in [2.05, 4.69) is 20.8 Å². The van der Waals surface area contributed by atoms with E-state index in [0.29, 0.717) is 0 Å². The quantitative estimate of drug-likeness (QED) is 0.397. The third-order valence-electron chi connectivity index (χ3n) is 4.02. The fourth-order valence-electron chi connectivity index (χ4n) is 2.69. The predicted molar refractivity (Wildman–Crippen MR) is 77.5 cm³/mol. The van der Waals surface area contributed by atoms with Gasteiger partial charge in [0.05, 0.1) is 5.60 Å². The van der Waals surface area contributed by atoms with E-state index in [1.807, 2.05) is 7.11 Å². The van der Waals surface area contributed by atoms with Gasteiger partial charge in [0.15, 0.2) is 0 Å². The SMILES string of the molecule is CCCCCCCCCC(CC)(CCC)OC. The lowest BCUT2D eigenvalue weighted by Crippen LogP contribution is -2.30. The maximum Gasteiger partial charge on any atom is 0.0676 e. The molecule has 0 saturated heterocycles. The lowest BCUT2D eigenvalue weighted by molar-refractivity contribution is -0.0298. The molecule has 1 nitrogen and oxygen atoms in total. The molecule has 0 saturated carbocycles. The summed E-state index contributed by atoms with van der Waals surface area (Å²) in [5.74, 6) is 0. The van der Waals surface area contributed by atoms with E-state index in [0.717, 1.165) is 6.42 Å². The Bertz CT molecular complexity index is 150. The molecule has 0 aromatic heterocycles. The van der Waals surface area contributed by atoms with Crippen molar-refractivity contribution in [2.45, 2.75) is 97.0 Å². The summed E-state index contributed by atoms with van der Waals surface area (Å²) in [6, 6.07) is 0. The van der Waals surface area contributed by atoms with Crippen molar-refractivity contribution in [1.82, 2.24) is 0 Å². The van der Waals surface area contributed by atoms with E-state index in [1.165, 1.54) is 64.2 Å². The van der Waals surface area contributed by atoms with Gasteiger partial charge in [-0.25, -0.2) is 0 Å². The van der Waals surface area contributed by atoms with E-state index in [9.17, 15) is 0 Å². The van der Waals surface area contributed by atoms with E-state index in [-0.39, 0.29) is 5.60 Å². The van der Waals surface area contributed by atoms with Crippen LogP contribution in [0.15, 0.2) is 0 Å². The zero-order valence-electron chi connectivity index (χ0n) is 12.7. The summed E-state index contributed by atoms with van der Waals surface area (Å²) in [6.07, 6.45) is 14.6. The monoisotopic (exact) mass is 242 g/mol. The molecule has 0 fully saturated rings. The van der Waals surface area contributed by atoms with Gasteiger partial charge in [-0.05, 0) is 19.3 Å². The fraction of sp³-hybridized carbons (Fsp3) is 1.00. The molecule has 1 heteroatoms. The van der Waals surface area contributed by atoms with Gasteiger partial charge in [0, 0.05) is 7.11 Å². The van der Waals surface area contributed by atoms with Crippen LogP contribution in [0, 0.1) is 0 Å². The van der Waals surface area contributed by atoms with Crippen molar-refractivity contribution in [3.8, 4) is 0 Å². The molecule has 0 aliphatic carbocycles. The van der Waals surface area contributed by atoms with Gasteiger partial charge < -0.3 is 4.74 Å². The zero-order chi connectivity index (χ0) is 13.0.